The molecule has 3 heteroatoms. The number of aliphatic hydroxyl groups is 1. The van der Waals surface area contributed by atoms with Gasteiger partial charge < -0.3 is 9.84 Å². The fourth-order valence-electron chi connectivity index (χ4n) is 1.74. The lowest BCUT2D eigenvalue weighted by molar-refractivity contribution is 0.134. The Morgan fingerprint density at radius 2 is 1.58 bits per heavy atom. The maximum absolute atomic E-state index is 8.93. The zero-order valence-corrected chi connectivity index (χ0v) is 11.1. The van der Waals surface area contributed by atoms with Crippen molar-refractivity contribution >= 4 is 0 Å². The number of aliphatic hydroxyl groups excluding tert-OH is 1. The predicted molar refractivity (Wildman–Crippen MR) is 76.4 cm³/mol. The molecule has 0 aliphatic carbocycles. The number of rotatable bonds is 6. The van der Waals surface area contributed by atoms with Crippen LogP contribution in [0.2, 0.25) is 0 Å². The zero-order valence-electron chi connectivity index (χ0n) is 11.1. The third kappa shape index (κ3) is 4.39. The second-order valence-electron chi connectivity index (χ2n) is 4.53. The molecule has 0 unspecified atom stereocenters. The van der Waals surface area contributed by atoms with Crippen molar-refractivity contribution < 1.29 is 9.84 Å². The maximum Gasteiger partial charge on any atom is 0.127 e. The number of hydrogen-bond donors (Lipinski definition) is 1. The largest absolute Gasteiger partial charge is 0.457 e. The molecule has 1 N–H and O–H groups in total. The fourth-order valence-corrected chi connectivity index (χ4v) is 1.74. The molecule has 0 atom stereocenters. The SMILES string of the molecule is CN(CO)CCc1ccc(Oc2ccccc2)cc1. The molecule has 0 aliphatic rings. The summed E-state index contributed by atoms with van der Waals surface area (Å²) in [6.45, 7) is 0.935. The summed E-state index contributed by atoms with van der Waals surface area (Å²) < 4.78 is 5.73. The van der Waals surface area contributed by atoms with Crippen molar-refractivity contribution in [3.05, 3.63) is 60.2 Å². The molecule has 2 aromatic carbocycles. The van der Waals surface area contributed by atoms with Gasteiger partial charge in [0.1, 0.15) is 11.5 Å². The van der Waals surface area contributed by atoms with Gasteiger partial charge in [0.2, 0.25) is 0 Å². The van der Waals surface area contributed by atoms with Gasteiger partial charge in [0.05, 0.1) is 6.73 Å². The molecule has 0 saturated heterocycles. The van der Waals surface area contributed by atoms with Crippen molar-refractivity contribution in [1.29, 1.82) is 0 Å². The third-order valence-corrected chi connectivity index (χ3v) is 2.93. The van der Waals surface area contributed by atoms with Crippen LogP contribution in [0, 0.1) is 0 Å². The van der Waals surface area contributed by atoms with Crippen LogP contribution in [0.25, 0.3) is 0 Å². The van der Waals surface area contributed by atoms with Gasteiger partial charge in [0, 0.05) is 6.54 Å². The van der Waals surface area contributed by atoms with E-state index in [1.54, 1.807) is 0 Å². The maximum atomic E-state index is 8.93. The number of benzene rings is 2. The van der Waals surface area contributed by atoms with E-state index >= 15 is 0 Å². The molecule has 0 aliphatic heterocycles. The lowest BCUT2D eigenvalue weighted by atomic mass is 10.1. The van der Waals surface area contributed by atoms with E-state index in [1.165, 1.54) is 5.56 Å². The summed E-state index contributed by atoms with van der Waals surface area (Å²) in [5.41, 5.74) is 1.24. The Labute approximate surface area is 114 Å². The third-order valence-electron chi connectivity index (χ3n) is 2.93. The van der Waals surface area contributed by atoms with Crippen LogP contribution in [0.4, 0.5) is 0 Å². The standard InChI is InChI=1S/C16H19NO2/c1-17(13-18)12-11-14-7-9-16(10-8-14)19-15-5-3-2-4-6-15/h2-10,18H,11-13H2,1H3. The Kier molecular flexibility index (Phi) is 4.95. The monoisotopic (exact) mass is 257 g/mol. The van der Waals surface area contributed by atoms with Gasteiger partial charge >= 0.3 is 0 Å². The Morgan fingerprint density at radius 3 is 2.21 bits per heavy atom. The van der Waals surface area contributed by atoms with E-state index in [1.807, 2.05) is 54.4 Å². The first kappa shape index (κ1) is 13.6. The van der Waals surface area contributed by atoms with E-state index in [4.69, 9.17) is 9.84 Å². The summed E-state index contributed by atoms with van der Waals surface area (Å²) in [4.78, 5) is 1.87. The van der Waals surface area contributed by atoms with Crippen LogP contribution in [0.1, 0.15) is 5.56 Å². The molecule has 0 amide bonds. The van der Waals surface area contributed by atoms with Gasteiger partial charge in [-0.2, -0.15) is 0 Å². The number of para-hydroxylation sites is 1. The van der Waals surface area contributed by atoms with E-state index in [9.17, 15) is 0 Å². The molecule has 0 radical (unpaired) electrons. The number of hydrogen-bond acceptors (Lipinski definition) is 3. The van der Waals surface area contributed by atoms with Crippen molar-refractivity contribution in [2.45, 2.75) is 6.42 Å². The highest BCUT2D eigenvalue weighted by Gasteiger charge is 1.99. The van der Waals surface area contributed by atoms with Crippen LogP contribution in [-0.2, 0) is 6.42 Å². The summed E-state index contributed by atoms with van der Waals surface area (Å²) in [5, 5.41) is 8.93. The lowest BCUT2D eigenvalue weighted by Crippen LogP contribution is -2.21. The van der Waals surface area contributed by atoms with Crippen LogP contribution >= 0.6 is 0 Å². The molecule has 0 aromatic heterocycles. The predicted octanol–water partition coefficient (Wildman–Crippen LogP) is 2.90. The average Bonchev–Trinajstić information content (AvgIpc) is 2.47. The van der Waals surface area contributed by atoms with Gasteiger partial charge in [0.25, 0.3) is 0 Å². The summed E-state index contributed by atoms with van der Waals surface area (Å²) in [6.07, 6.45) is 0.919. The van der Waals surface area contributed by atoms with Crippen molar-refractivity contribution in [1.82, 2.24) is 4.90 Å². The highest BCUT2D eigenvalue weighted by Crippen LogP contribution is 2.21. The van der Waals surface area contributed by atoms with Crippen LogP contribution in [0.5, 0.6) is 11.5 Å². The molecule has 2 aromatic rings. The van der Waals surface area contributed by atoms with Crippen molar-refractivity contribution in [2.24, 2.45) is 0 Å². The molecular formula is C16H19NO2. The molecule has 3 nitrogen and oxygen atoms in total. The second-order valence-corrected chi connectivity index (χ2v) is 4.53. The molecule has 0 fully saturated rings. The highest BCUT2D eigenvalue weighted by molar-refractivity contribution is 5.33. The summed E-state index contributed by atoms with van der Waals surface area (Å²) >= 11 is 0. The first-order chi connectivity index (χ1) is 9.28. The zero-order chi connectivity index (χ0) is 13.5. The van der Waals surface area contributed by atoms with Crippen molar-refractivity contribution in [3.8, 4) is 11.5 Å². The van der Waals surface area contributed by atoms with Crippen LogP contribution in [0.15, 0.2) is 54.6 Å². The van der Waals surface area contributed by atoms with Crippen molar-refractivity contribution in [3.63, 3.8) is 0 Å². The van der Waals surface area contributed by atoms with Crippen LogP contribution in [0.3, 0.4) is 0 Å². The number of likely N-dealkylation sites (N-methyl/N-ethyl adjacent to an activating group) is 1. The minimum atomic E-state index is 0.0925. The van der Waals surface area contributed by atoms with E-state index in [0.29, 0.717) is 0 Å². The minimum Gasteiger partial charge on any atom is -0.457 e. The Bertz CT molecular complexity index is 482. The van der Waals surface area contributed by atoms with Gasteiger partial charge in [-0.05, 0) is 43.3 Å². The normalized spacial score (nSPS) is 10.7. The molecule has 2 rings (SSSR count). The highest BCUT2D eigenvalue weighted by atomic mass is 16.5. The number of ether oxygens (including phenoxy) is 1. The smallest absolute Gasteiger partial charge is 0.127 e. The summed E-state index contributed by atoms with van der Waals surface area (Å²) in [5.74, 6) is 1.68. The Hall–Kier alpha value is -1.84. The molecule has 0 bridgehead atoms. The molecular weight excluding hydrogens is 238 g/mol. The number of nitrogens with zero attached hydrogens (tertiary/aromatic N) is 1. The molecule has 100 valence electrons. The van der Waals surface area contributed by atoms with E-state index < -0.39 is 0 Å². The van der Waals surface area contributed by atoms with Gasteiger partial charge in [-0.25, -0.2) is 0 Å². The Morgan fingerprint density at radius 1 is 0.947 bits per heavy atom. The minimum absolute atomic E-state index is 0.0925. The summed E-state index contributed by atoms with van der Waals surface area (Å²) in [6, 6.07) is 17.8. The van der Waals surface area contributed by atoms with Crippen molar-refractivity contribution in [2.75, 3.05) is 20.3 Å². The van der Waals surface area contributed by atoms with Gasteiger partial charge in [0.15, 0.2) is 0 Å². The lowest BCUT2D eigenvalue weighted by Gasteiger charge is -2.12. The average molecular weight is 257 g/mol. The molecule has 0 saturated carbocycles. The van der Waals surface area contributed by atoms with Crippen LogP contribution < -0.4 is 4.74 Å². The van der Waals surface area contributed by atoms with E-state index in [2.05, 4.69) is 12.1 Å². The fraction of sp³-hybridized carbons (Fsp3) is 0.250. The molecule has 0 spiro atoms. The molecule has 0 heterocycles. The topological polar surface area (TPSA) is 32.7 Å². The first-order valence-electron chi connectivity index (χ1n) is 6.39. The van der Waals surface area contributed by atoms with Gasteiger partial charge in [-0.15, -0.1) is 0 Å². The van der Waals surface area contributed by atoms with Gasteiger partial charge in [-0.3, -0.25) is 4.90 Å². The quantitative estimate of drug-likeness (QED) is 0.808. The first-order valence-corrected chi connectivity index (χ1v) is 6.39. The van der Waals surface area contributed by atoms with Gasteiger partial charge in [-0.1, -0.05) is 30.3 Å². The second kappa shape index (κ2) is 6.92. The molecule has 19 heavy (non-hydrogen) atoms. The van der Waals surface area contributed by atoms with Crippen LogP contribution in [-0.4, -0.2) is 30.3 Å². The van der Waals surface area contributed by atoms with E-state index in [0.717, 1.165) is 24.5 Å². The summed E-state index contributed by atoms with van der Waals surface area (Å²) in [7, 11) is 1.90. The van der Waals surface area contributed by atoms with E-state index in [-0.39, 0.29) is 6.73 Å². The Balaban J connectivity index is 1.91.